The fourth-order valence-electron chi connectivity index (χ4n) is 3.56. The van der Waals surface area contributed by atoms with Crippen LogP contribution < -0.4 is 0 Å². The number of nitrogens with one attached hydrogen (secondary N) is 1. The lowest BCUT2D eigenvalue weighted by Gasteiger charge is -2.12. The Hall–Kier alpha value is -3.83. The lowest BCUT2D eigenvalue weighted by atomic mass is 10.1. The highest BCUT2D eigenvalue weighted by Gasteiger charge is 2.16. The number of para-hydroxylation sites is 2. The van der Waals surface area contributed by atoms with Gasteiger partial charge < -0.3 is 9.55 Å². The molecule has 0 saturated heterocycles. The highest BCUT2D eigenvalue weighted by Crippen LogP contribution is 2.31. The molecule has 7 nitrogen and oxygen atoms in total. The molecule has 0 aliphatic rings. The molecular weight excluding hydrogens is 410 g/mol. The highest BCUT2D eigenvalue weighted by molar-refractivity contribution is 8.03. The molecule has 8 heteroatoms. The van der Waals surface area contributed by atoms with Crippen molar-refractivity contribution in [3.05, 3.63) is 86.1 Å². The number of nitro benzene ring substituents is 1. The molecule has 0 amide bonds. The van der Waals surface area contributed by atoms with E-state index in [9.17, 15) is 15.4 Å². The zero-order chi connectivity index (χ0) is 22.1. The number of fused-ring (bicyclic) bond motifs is 1. The molecule has 4 rings (SSSR count). The number of benzene rings is 2. The van der Waals surface area contributed by atoms with Crippen molar-refractivity contribution in [3.63, 3.8) is 0 Å². The quantitative estimate of drug-likeness (QED) is 0.186. The number of hydrogen-bond donors (Lipinski definition) is 1. The Labute approximate surface area is 183 Å². The molecule has 0 aliphatic carbocycles. The number of thioether (sulfide) groups is 1. The SMILES string of the molecule is Cc1ccc([N+](=O)[O-])cc1-n1c(C)cc(/C=C(\C#N)Sc2nc3ccccc3[nH]2)c1C. The maximum Gasteiger partial charge on any atom is 0.271 e. The molecule has 4 aromatic rings. The van der Waals surface area contributed by atoms with E-state index in [0.717, 1.165) is 39.2 Å². The number of hydrogen-bond acceptors (Lipinski definition) is 5. The van der Waals surface area contributed by atoms with E-state index in [4.69, 9.17) is 0 Å². The van der Waals surface area contributed by atoms with E-state index in [0.29, 0.717) is 10.1 Å². The van der Waals surface area contributed by atoms with Crippen molar-refractivity contribution in [2.24, 2.45) is 0 Å². The number of nitriles is 1. The zero-order valence-corrected chi connectivity index (χ0v) is 18.0. The minimum Gasteiger partial charge on any atom is -0.333 e. The Balaban J connectivity index is 1.72. The van der Waals surface area contributed by atoms with Crippen LogP contribution in [0.5, 0.6) is 0 Å². The fraction of sp³-hybridized carbons (Fsp3) is 0.130. The molecule has 2 heterocycles. The summed E-state index contributed by atoms with van der Waals surface area (Å²) >= 11 is 1.27. The Morgan fingerprint density at radius 3 is 2.71 bits per heavy atom. The number of non-ortho nitro benzene ring substituents is 1. The van der Waals surface area contributed by atoms with E-state index < -0.39 is 4.92 Å². The van der Waals surface area contributed by atoms with Crippen LogP contribution in [-0.4, -0.2) is 19.5 Å². The average Bonchev–Trinajstić information content (AvgIpc) is 3.27. The van der Waals surface area contributed by atoms with Crippen molar-refractivity contribution in [1.29, 1.82) is 5.26 Å². The molecule has 0 saturated carbocycles. The number of aryl methyl sites for hydroxylation is 2. The molecule has 0 atom stereocenters. The first-order chi connectivity index (χ1) is 14.9. The Bertz CT molecular complexity index is 1360. The largest absolute Gasteiger partial charge is 0.333 e. The molecule has 2 aromatic heterocycles. The van der Waals surface area contributed by atoms with E-state index >= 15 is 0 Å². The third kappa shape index (κ3) is 3.96. The summed E-state index contributed by atoms with van der Waals surface area (Å²) in [6, 6.07) is 16.8. The van der Waals surface area contributed by atoms with E-state index in [-0.39, 0.29) is 5.69 Å². The van der Waals surface area contributed by atoms with Gasteiger partial charge in [0.25, 0.3) is 5.69 Å². The van der Waals surface area contributed by atoms with Gasteiger partial charge in [0.15, 0.2) is 5.16 Å². The van der Waals surface area contributed by atoms with Crippen LogP contribution in [0.25, 0.3) is 22.8 Å². The van der Waals surface area contributed by atoms with E-state index in [1.54, 1.807) is 12.1 Å². The van der Waals surface area contributed by atoms with Crippen LogP contribution in [0.1, 0.15) is 22.5 Å². The van der Waals surface area contributed by atoms with Gasteiger partial charge >= 0.3 is 0 Å². The normalized spacial score (nSPS) is 11.6. The maximum absolute atomic E-state index is 11.2. The van der Waals surface area contributed by atoms with Gasteiger partial charge in [-0.05, 0) is 67.9 Å². The summed E-state index contributed by atoms with van der Waals surface area (Å²) in [5.41, 5.74) is 6.21. The number of aromatic nitrogens is 3. The van der Waals surface area contributed by atoms with Gasteiger partial charge in [-0.1, -0.05) is 18.2 Å². The minimum atomic E-state index is -0.393. The summed E-state index contributed by atoms with van der Waals surface area (Å²) in [4.78, 5) is 19.1. The first-order valence-electron chi connectivity index (χ1n) is 9.56. The number of H-pyrrole nitrogens is 1. The number of imidazole rings is 1. The van der Waals surface area contributed by atoms with Crippen molar-refractivity contribution < 1.29 is 4.92 Å². The Kier molecular flexibility index (Phi) is 5.36. The van der Waals surface area contributed by atoms with Crippen molar-refractivity contribution >= 4 is 34.6 Å². The van der Waals surface area contributed by atoms with Crippen LogP contribution in [0.15, 0.2) is 58.6 Å². The van der Waals surface area contributed by atoms with E-state index in [1.165, 1.54) is 17.8 Å². The fourth-order valence-corrected chi connectivity index (χ4v) is 4.31. The van der Waals surface area contributed by atoms with Crippen LogP contribution in [0.2, 0.25) is 0 Å². The third-order valence-corrected chi connectivity index (χ3v) is 5.90. The second-order valence-electron chi connectivity index (χ2n) is 7.17. The molecule has 0 spiro atoms. The number of nitrogens with zero attached hydrogens (tertiary/aromatic N) is 4. The van der Waals surface area contributed by atoms with E-state index in [1.807, 2.05) is 61.7 Å². The molecular formula is C23H19N5O2S. The smallest absolute Gasteiger partial charge is 0.271 e. The van der Waals surface area contributed by atoms with E-state index in [2.05, 4.69) is 16.0 Å². The molecule has 0 bridgehead atoms. The second kappa shape index (κ2) is 8.13. The predicted molar refractivity (Wildman–Crippen MR) is 122 cm³/mol. The summed E-state index contributed by atoms with van der Waals surface area (Å²) < 4.78 is 1.98. The van der Waals surface area contributed by atoms with Crippen LogP contribution in [0.3, 0.4) is 0 Å². The van der Waals surface area contributed by atoms with Crippen molar-refractivity contribution in [2.45, 2.75) is 25.9 Å². The topological polar surface area (TPSA) is 101 Å². The predicted octanol–water partition coefficient (Wildman–Crippen LogP) is 5.84. The Morgan fingerprint density at radius 2 is 2.00 bits per heavy atom. The zero-order valence-electron chi connectivity index (χ0n) is 17.2. The third-order valence-electron chi connectivity index (χ3n) is 5.09. The van der Waals surface area contributed by atoms with Gasteiger partial charge in [-0.2, -0.15) is 5.26 Å². The molecule has 31 heavy (non-hydrogen) atoms. The lowest BCUT2D eigenvalue weighted by Crippen LogP contribution is -2.02. The van der Waals surface area contributed by atoms with Gasteiger partial charge in [-0.15, -0.1) is 0 Å². The molecule has 0 radical (unpaired) electrons. The van der Waals surface area contributed by atoms with Crippen molar-refractivity contribution in [1.82, 2.24) is 14.5 Å². The van der Waals surface area contributed by atoms with Gasteiger partial charge in [-0.3, -0.25) is 10.1 Å². The number of nitro groups is 1. The molecule has 0 unspecified atom stereocenters. The first kappa shape index (κ1) is 20.4. The standard InChI is InChI=1S/C23H19N5O2S/c1-14-8-9-18(28(29)30)12-22(14)27-15(2)10-17(16(27)3)11-19(13-24)31-23-25-20-6-4-5-7-21(20)26-23/h4-12H,1-3H3,(H,25,26)/b19-11+. The van der Waals surface area contributed by atoms with Crippen molar-refractivity contribution in [3.8, 4) is 11.8 Å². The van der Waals surface area contributed by atoms with Gasteiger partial charge in [0.05, 0.1) is 26.5 Å². The second-order valence-corrected chi connectivity index (χ2v) is 8.20. The Morgan fingerprint density at radius 1 is 1.23 bits per heavy atom. The number of aromatic amines is 1. The summed E-state index contributed by atoms with van der Waals surface area (Å²) in [5.74, 6) is 0. The molecule has 154 valence electrons. The summed E-state index contributed by atoms with van der Waals surface area (Å²) in [7, 11) is 0. The minimum absolute atomic E-state index is 0.0448. The van der Waals surface area contributed by atoms with Gasteiger partial charge in [-0.25, -0.2) is 4.98 Å². The van der Waals surface area contributed by atoms with Gasteiger partial charge in [0, 0.05) is 23.5 Å². The van der Waals surface area contributed by atoms with Gasteiger partial charge in [0.2, 0.25) is 0 Å². The summed E-state index contributed by atoms with van der Waals surface area (Å²) in [6.45, 7) is 5.81. The first-order valence-corrected chi connectivity index (χ1v) is 10.4. The van der Waals surface area contributed by atoms with Crippen molar-refractivity contribution in [2.75, 3.05) is 0 Å². The number of allylic oxidation sites excluding steroid dienone is 1. The molecule has 0 fully saturated rings. The van der Waals surface area contributed by atoms with Gasteiger partial charge in [0.1, 0.15) is 6.07 Å². The summed E-state index contributed by atoms with van der Waals surface area (Å²) in [6.07, 6.45) is 1.82. The average molecular weight is 430 g/mol. The maximum atomic E-state index is 11.2. The van der Waals surface area contributed by atoms with Crippen LogP contribution in [0.4, 0.5) is 5.69 Å². The van der Waals surface area contributed by atoms with Crippen LogP contribution in [0, 0.1) is 42.2 Å². The summed E-state index contributed by atoms with van der Waals surface area (Å²) in [5, 5.41) is 21.6. The molecule has 2 aromatic carbocycles. The number of rotatable bonds is 5. The highest BCUT2D eigenvalue weighted by atomic mass is 32.2. The molecule has 1 N–H and O–H groups in total. The monoisotopic (exact) mass is 429 g/mol. The lowest BCUT2D eigenvalue weighted by molar-refractivity contribution is -0.384. The van der Waals surface area contributed by atoms with Crippen LogP contribution in [-0.2, 0) is 0 Å². The van der Waals surface area contributed by atoms with Crippen LogP contribution >= 0.6 is 11.8 Å². The molecule has 0 aliphatic heterocycles.